The highest BCUT2D eigenvalue weighted by atomic mass is 16.5. The van der Waals surface area contributed by atoms with Gasteiger partial charge in [-0.25, -0.2) is 0 Å². The van der Waals surface area contributed by atoms with Crippen molar-refractivity contribution in [3.05, 3.63) is 35.9 Å². The van der Waals surface area contributed by atoms with Crippen molar-refractivity contribution in [2.24, 2.45) is 5.92 Å². The van der Waals surface area contributed by atoms with Gasteiger partial charge in [-0.15, -0.1) is 0 Å². The Hall–Kier alpha value is -1.43. The fraction of sp³-hybridized carbons (Fsp3) is 0.682. The van der Waals surface area contributed by atoms with Crippen molar-refractivity contribution in [1.29, 1.82) is 0 Å². The molecule has 0 aliphatic carbocycles. The van der Waals surface area contributed by atoms with Crippen LogP contribution in [0.1, 0.15) is 48.9 Å². The van der Waals surface area contributed by atoms with Gasteiger partial charge in [0.25, 0.3) is 5.91 Å². The predicted octanol–water partition coefficient (Wildman–Crippen LogP) is 2.86. The number of hydrogen-bond donors (Lipinski definition) is 1. The van der Waals surface area contributed by atoms with E-state index >= 15 is 0 Å². The zero-order valence-electron chi connectivity index (χ0n) is 16.2. The molecule has 4 rings (SSSR count). The third-order valence-electron chi connectivity index (χ3n) is 6.60. The average molecular weight is 373 g/mol. The molecule has 3 heterocycles. The standard InChI is InChI=1S/C22H32N2O3/c25-21(19-4-2-1-3-5-19)23-17-18-6-15-27-22(16-18)9-11-24(12-10-22)20-7-13-26-14-8-20/h1-5,18,20H,6-17H2,(H,23,25). The summed E-state index contributed by atoms with van der Waals surface area (Å²) in [6.45, 7) is 5.66. The zero-order valence-corrected chi connectivity index (χ0v) is 16.2. The molecule has 148 valence electrons. The lowest BCUT2D eigenvalue weighted by Crippen LogP contribution is -2.53. The molecule has 5 nitrogen and oxygen atoms in total. The van der Waals surface area contributed by atoms with E-state index in [-0.39, 0.29) is 11.5 Å². The fourth-order valence-corrected chi connectivity index (χ4v) is 4.93. The maximum absolute atomic E-state index is 12.3. The van der Waals surface area contributed by atoms with E-state index in [1.165, 1.54) is 12.8 Å². The molecule has 1 spiro atoms. The molecule has 1 unspecified atom stereocenters. The van der Waals surface area contributed by atoms with Gasteiger partial charge in [0.05, 0.1) is 5.60 Å². The Morgan fingerprint density at radius 1 is 1.07 bits per heavy atom. The van der Waals surface area contributed by atoms with Crippen molar-refractivity contribution in [3.63, 3.8) is 0 Å². The second-order valence-corrected chi connectivity index (χ2v) is 8.35. The monoisotopic (exact) mass is 372 g/mol. The van der Waals surface area contributed by atoms with Crippen LogP contribution >= 0.6 is 0 Å². The summed E-state index contributed by atoms with van der Waals surface area (Å²) >= 11 is 0. The van der Waals surface area contributed by atoms with Gasteiger partial charge in [-0.1, -0.05) is 18.2 Å². The van der Waals surface area contributed by atoms with E-state index in [2.05, 4.69) is 10.2 Å². The van der Waals surface area contributed by atoms with Crippen LogP contribution in [0, 0.1) is 5.92 Å². The fourth-order valence-electron chi connectivity index (χ4n) is 4.93. The number of carbonyl (C=O) groups excluding carboxylic acids is 1. The number of ether oxygens (including phenoxy) is 2. The van der Waals surface area contributed by atoms with Gasteiger partial charge in [0.2, 0.25) is 0 Å². The van der Waals surface area contributed by atoms with E-state index in [9.17, 15) is 4.79 Å². The largest absolute Gasteiger partial charge is 0.381 e. The first-order valence-corrected chi connectivity index (χ1v) is 10.5. The molecule has 3 aliphatic rings. The topological polar surface area (TPSA) is 50.8 Å². The molecule has 0 aromatic heterocycles. The lowest BCUT2D eigenvalue weighted by Gasteiger charge is -2.48. The lowest BCUT2D eigenvalue weighted by molar-refractivity contribution is -0.132. The summed E-state index contributed by atoms with van der Waals surface area (Å²) in [4.78, 5) is 15.0. The van der Waals surface area contributed by atoms with Crippen LogP contribution in [0.15, 0.2) is 30.3 Å². The zero-order chi connectivity index (χ0) is 18.5. The average Bonchev–Trinajstić information content (AvgIpc) is 2.74. The van der Waals surface area contributed by atoms with Gasteiger partial charge in [-0.05, 0) is 56.6 Å². The highest BCUT2D eigenvalue weighted by Gasteiger charge is 2.41. The Kier molecular flexibility index (Phi) is 6.11. The summed E-state index contributed by atoms with van der Waals surface area (Å²) in [6, 6.07) is 10.2. The maximum atomic E-state index is 12.3. The second-order valence-electron chi connectivity index (χ2n) is 8.35. The number of piperidine rings is 1. The summed E-state index contributed by atoms with van der Waals surface area (Å²) < 4.78 is 11.8. The number of rotatable bonds is 4. The van der Waals surface area contributed by atoms with E-state index in [0.29, 0.717) is 12.0 Å². The van der Waals surface area contributed by atoms with E-state index in [4.69, 9.17) is 9.47 Å². The molecule has 1 aromatic carbocycles. The van der Waals surface area contributed by atoms with Crippen LogP contribution in [0.4, 0.5) is 0 Å². The first kappa shape index (κ1) is 18.9. The first-order chi connectivity index (χ1) is 13.2. The number of nitrogens with one attached hydrogen (secondary N) is 1. The lowest BCUT2D eigenvalue weighted by atomic mass is 9.79. The summed E-state index contributed by atoms with van der Waals surface area (Å²) in [7, 11) is 0. The molecule has 1 aromatic rings. The van der Waals surface area contributed by atoms with E-state index < -0.39 is 0 Å². The molecule has 3 saturated heterocycles. The van der Waals surface area contributed by atoms with Crippen LogP contribution < -0.4 is 5.32 Å². The molecule has 0 saturated carbocycles. The minimum atomic E-state index is 0.0298. The molecule has 0 bridgehead atoms. The van der Waals surface area contributed by atoms with Crippen molar-refractivity contribution < 1.29 is 14.3 Å². The third kappa shape index (κ3) is 4.71. The number of carbonyl (C=O) groups is 1. The smallest absolute Gasteiger partial charge is 0.251 e. The number of nitrogens with zero attached hydrogens (tertiary/aromatic N) is 1. The third-order valence-corrected chi connectivity index (χ3v) is 6.60. The molecule has 3 fully saturated rings. The van der Waals surface area contributed by atoms with Crippen LogP contribution in [-0.4, -0.2) is 61.9 Å². The van der Waals surface area contributed by atoms with Gasteiger partial charge in [0.15, 0.2) is 0 Å². The number of likely N-dealkylation sites (tertiary alicyclic amines) is 1. The molecular weight excluding hydrogens is 340 g/mol. The van der Waals surface area contributed by atoms with Crippen molar-refractivity contribution in [3.8, 4) is 0 Å². The predicted molar refractivity (Wildman–Crippen MR) is 105 cm³/mol. The molecule has 0 radical (unpaired) electrons. The molecule has 5 heteroatoms. The first-order valence-electron chi connectivity index (χ1n) is 10.5. The highest BCUT2D eigenvalue weighted by Crippen LogP contribution is 2.38. The van der Waals surface area contributed by atoms with Gasteiger partial charge in [-0.2, -0.15) is 0 Å². The summed E-state index contributed by atoms with van der Waals surface area (Å²) in [5.41, 5.74) is 0.770. The number of hydrogen-bond acceptors (Lipinski definition) is 4. The van der Waals surface area contributed by atoms with Crippen molar-refractivity contribution in [2.75, 3.05) is 39.5 Å². The van der Waals surface area contributed by atoms with E-state index in [1.54, 1.807) is 0 Å². The number of amides is 1. The Morgan fingerprint density at radius 2 is 1.81 bits per heavy atom. The van der Waals surface area contributed by atoms with Gasteiger partial charge in [-0.3, -0.25) is 9.69 Å². The maximum Gasteiger partial charge on any atom is 0.251 e. The van der Waals surface area contributed by atoms with Crippen LogP contribution in [0.5, 0.6) is 0 Å². The number of benzene rings is 1. The Bertz CT molecular complexity index is 607. The molecule has 1 N–H and O–H groups in total. The van der Waals surface area contributed by atoms with Crippen molar-refractivity contribution >= 4 is 5.91 Å². The normalized spacial score (nSPS) is 26.7. The molecule has 27 heavy (non-hydrogen) atoms. The molecule has 3 aliphatic heterocycles. The van der Waals surface area contributed by atoms with E-state index in [0.717, 1.165) is 70.7 Å². The molecular formula is C22H32N2O3. The minimum absolute atomic E-state index is 0.0298. The second kappa shape index (κ2) is 8.72. The summed E-state index contributed by atoms with van der Waals surface area (Å²) in [5.74, 6) is 0.548. The highest BCUT2D eigenvalue weighted by molar-refractivity contribution is 5.94. The Balaban J connectivity index is 1.26. The van der Waals surface area contributed by atoms with Crippen LogP contribution in [-0.2, 0) is 9.47 Å². The van der Waals surface area contributed by atoms with Crippen molar-refractivity contribution in [1.82, 2.24) is 10.2 Å². The SMILES string of the molecule is O=C(NCC1CCOC2(CCN(C3CCOCC3)CC2)C1)c1ccccc1. The van der Waals surface area contributed by atoms with E-state index in [1.807, 2.05) is 30.3 Å². The van der Waals surface area contributed by atoms with Gasteiger partial charge in [0.1, 0.15) is 0 Å². The summed E-state index contributed by atoms with van der Waals surface area (Å²) in [6.07, 6.45) is 6.69. The van der Waals surface area contributed by atoms with Gasteiger partial charge in [0, 0.05) is 51.1 Å². The minimum Gasteiger partial charge on any atom is -0.381 e. The Morgan fingerprint density at radius 3 is 2.56 bits per heavy atom. The van der Waals surface area contributed by atoms with Gasteiger partial charge < -0.3 is 14.8 Å². The van der Waals surface area contributed by atoms with Crippen LogP contribution in [0.3, 0.4) is 0 Å². The molecule has 1 atom stereocenters. The quantitative estimate of drug-likeness (QED) is 0.883. The Labute approximate surface area is 162 Å². The van der Waals surface area contributed by atoms with Crippen LogP contribution in [0.2, 0.25) is 0 Å². The van der Waals surface area contributed by atoms with Gasteiger partial charge >= 0.3 is 0 Å². The molecule has 1 amide bonds. The van der Waals surface area contributed by atoms with Crippen molar-refractivity contribution in [2.45, 2.75) is 50.2 Å². The van der Waals surface area contributed by atoms with Crippen LogP contribution in [0.25, 0.3) is 0 Å². The summed E-state index contributed by atoms with van der Waals surface area (Å²) in [5, 5.41) is 3.13.